The summed E-state index contributed by atoms with van der Waals surface area (Å²) in [7, 11) is 0. The summed E-state index contributed by atoms with van der Waals surface area (Å²) in [5.74, 6) is 1.51. The van der Waals surface area contributed by atoms with E-state index in [4.69, 9.17) is 4.74 Å². The molecule has 0 bridgehead atoms. The number of nitrogens with zero attached hydrogens (tertiary/aromatic N) is 3. The summed E-state index contributed by atoms with van der Waals surface area (Å²) in [5.41, 5.74) is 0.771. The van der Waals surface area contributed by atoms with Crippen LogP contribution in [0.5, 0.6) is 0 Å². The SMILES string of the molecule is CCC(C)(C)C(=O)O[C@@H]1CC(/C=C\[C@H](C)[C@@H](C)CC[C@@H](O)C[C@@H](O)Cc2nnn[nH]2)=C[C@H](C)C1. The van der Waals surface area contributed by atoms with Gasteiger partial charge < -0.3 is 14.9 Å². The van der Waals surface area contributed by atoms with Gasteiger partial charge in [-0.15, -0.1) is 5.10 Å². The van der Waals surface area contributed by atoms with E-state index in [1.807, 2.05) is 20.8 Å². The Bertz CT molecular complexity index is 806. The lowest BCUT2D eigenvalue weighted by Crippen LogP contribution is -2.32. The molecule has 1 aliphatic carbocycles. The number of esters is 1. The Morgan fingerprint density at radius 3 is 2.68 bits per heavy atom. The van der Waals surface area contributed by atoms with Crippen molar-refractivity contribution in [3.63, 3.8) is 0 Å². The van der Waals surface area contributed by atoms with E-state index < -0.39 is 17.6 Å². The van der Waals surface area contributed by atoms with Gasteiger partial charge in [0.15, 0.2) is 5.82 Å². The Hall–Kier alpha value is -2.06. The maximum Gasteiger partial charge on any atom is 0.311 e. The molecule has 34 heavy (non-hydrogen) atoms. The van der Waals surface area contributed by atoms with Gasteiger partial charge in [-0.3, -0.25) is 4.79 Å². The largest absolute Gasteiger partial charge is 0.462 e. The molecule has 1 heterocycles. The van der Waals surface area contributed by atoms with Gasteiger partial charge in [0, 0.05) is 12.8 Å². The summed E-state index contributed by atoms with van der Waals surface area (Å²) >= 11 is 0. The molecular weight excluding hydrogens is 432 g/mol. The van der Waals surface area contributed by atoms with Crippen LogP contribution in [-0.4, -0.2) is 55.1 Å². The second-order valence-corrected chi connectivity index (χ2v) is 10.8. The summed E-state index contributed by atoms with van der Waals surface area (Å²) in [6, 6.07) is 0. The summed E-state index contributed by atoms with van der Waals surface area (Å²) in [6.07, 6.45) is 9.86. The number of aliphatic hydroxyl groups excluding tert-OH is 2. The van der Waals surface area contributed by atoms with Crippen molar-refractivity contribution in [1.29, 1.82) is 0 Å². The van der Waals surface area contributed by atoms with Crippen molar-refractivity contribution in [3.05, 3.63) is 29.6 Å². The number of allylic oxidation sites excluding steroid dienone is 3. The second kappa shape index (κ2) is 13.1. The minimum absolute atomic E-state index is 0.0694. The number of carbonyl (C=O) groups excluding carboxylic acids is 1. The van der Waals surface area contributed by atoms with E-state index in [0.29, 0.717) is 42.8 Å². The number of H-pyrrole nitrogens is 1. The number of tetrazole rings is 1. The molecule has 192 valence electrons. The van der Waals surface area contributed by atoms with Crippen LogP contribution in [0.1, 0.15) is 85.9 Å². The van der Waals surface area contributed by atoms with Gasteiger partial charge in [-0.05, 0) is 79.7 Å². The average molecular weight is 477 g/mol. The van der Waals surface area contributed by atoms with Crippen molar-refractivity contribution < 1.29 is 19.7 Å². The van der Waals surface area contributed by atoms with Crippen molar-refractivity contribution in [2.24, 2.45) is 23.2 Å². The predicted molar refractivity (Wildman–Crippen MR) is 132 cm³/mol. The summed E-state index contributed by atoms with van der Waals surface area (Å²) < 4.78 is 5.86. The highest BCUT2D eigenvalue weighted by Gasteiger charge is 2.31. The van der Waals surface area contributed by atoms with Crippen molar-refractivity contribution in [2.75, 3.05) is 0 Å². The van der Waals surface area contributed by atoms with E-state index in [2.05, 4.69) is 59.6 Å². The number of aromatic amines is 1. The molecule has 2 rings (SSSR count). The quantitative estimate of drug-likeness (QED) is 0.365. The van der Waals surface area contributed by atoms with E-state index in [1.165, 1.54) is 5.57 Å². The van der Waals surface area contributed by atoms with Crippen molar-refractivity contribution >= 4 is 5.97 Å². The molecule has 0 amide bonds. The minimum Gasteiger partial charge on any atom is -0.462 e. The number of ether oxygens (including phenoxy) is 1. The smallest absolute Gasteiger partial charge is 0.311 e. The molecule has 1 aromatic rings. The Kier molecular flexibility index (Phi) is 10.9. The first-order valence-electron chi connectivity index (χ1n) is 12.7. The number of hydrogen-bond acceptors (Lipinski definition) is 7. The van der Waals surface area contributed by atoms with E-state index in [0.717, 1.165) is 25.7 Å². The molecule has 0 radical (unpaired) electrons. The monoisotopic (exact) mass is 476 g/mol. The topological polar surface area (TPSA) is 121 Å². The Balaban J connectivity index is 1.78. The molecule has 8 heteroatoms. The number of aromatic nitrogens is 4. The highest BCUT2D eigenvalue weighted by Crippen LogP contribution is 2.30. The van der Waals surface area contributed by atoms with E-state index in [-0.39, 0.29) is 12.1 Å². The highest BCUT2D eigenvalue weighted by atomic mass is 16.5. The van der Waals surface area contributed by atoms with Gasteiger partial charge in [0.1, 0.15) is 6.10 Å². The minimum atomic E-state index is -0.678. The third kappa shape index (κ3) is 9.29. The van der Waals surface area contributed by atoms with Gasteiger partial charge in [0.25, 0.3) is 0 Å². The molecular formula is C26H44N4O4. The van der Waals surface area contributed by atoms with Crippen molar-refractivity contribution in [1.82, 2.24) is 20.6 Å². The molecule has 0 unspecified atom stereocenters. The van der Waals surface area contributed by atoms with Gasteiger partial charge in [0.2, 0.25) is 0 Å². The van der Waals surface area contributed by atoms with Crippen LogP contribution in [0.2, 0.25) is 0 Å². The standard InChI is InChI=1S/C26H44N4O4/c1-7-26(5,6)25(33)34-23-13-17(2)12-20(14-23)10-8-18(3)19(4)9-11-21(31)15-22(32)16-24-27-29-30-28-24/h8,10,12,17-19,21-23,31-32H,7,9,11,13-16H2,1-6H3,(H,27,28,29,30)/b10-8-/t17-,18-,19-,21+,22+,23-/m0/s1. The second-order valence-electron chi connectivity index (χ2n) is 10.8. The van der Waals surface area contributed by atoms with E-state index in [1.54, 1.807) is 0 Å². The first-order valence-corrected chi connectivity index (χ1v) is 12.7. The zero-order valence-corrected chi connectivity index (χ0v) is 21.7. The summed E-state index contributed by atoms with van der Waals surface area (Å²) in [4.78, 5) is 12.5. The Morgan fingerprint density at radius 1 is 1.29 bits per heavy atom. The predicted octanol–water partition coefficient (Wildman–Crippen LogP) is 4.17. The van der Waals surface area contributed by atoms with Gasteiger partial charge in [-0.1, -0.05) is 45.9 Å². The number of aliphatic hydroxyl groups is 2. The van der Waals surface area contributed by atoms with Crippen LogP contribution in [0.4, 0.5) is 0 Å². The van der Waals surface area contributed by atoms with Gasteiger partial charge >= 0.3 is 5.97 Å². The molecule has 8 nitrogen and oxygen atoms in total. The number of rotatable bonds is 13. The van der Waals surface area contributed by atoms with Crippen LogP contribution in [0.3, 0.4) is 0 Å². The molecule has 1 aliphatic rings. The van der Waals surface area contributed by atoms with Crippen LogP contribution in [0, 0.1) is 23.2 Å². The van der Waals surface area contributed by atoms with Gasteiger partial charge in [0.05, 0.1) is 17.6 Å². The van der Waals surface area contributed by atoms with E-state index in [9.17, 15) is 15.0 Å². The first kappa shape index (κ1) is 28.2. The van der Waals surface area contributed by atoms with Crippen molar-refractivity contribution in [3.8, 4) is 0 Å². The maximum atomic E-state index is 12.5. The molecule has 0 aliphatic heterocycles. The molecule has 0 spiro atoms. The zero-order chi connectivity index (χ0) is 25.3. The van der Waals surface area contributed by atoms with Crippen LogP contribution in [0.25, 0.3) is 0 Å². The summed E-state index contributed by atoms with van der Waals surface area (Å²) in [5, 5.41) is 33.8. The third-order valence-electron chi connectivity index (χ3n) is 7.14. The van der Waals surface area contributed by atoms with Crippen LogP contribution < -0.4 is 0 Å². The molecule has 0 fully saturated rings. The fourth-order valence-electron chi connectivity index (χ4n) is 4.12. The Morgan fingerprint density at radius 2 is 2.03 bits per heavy atom. The molecule has 0 aromatic carbocycles. The Labute approximate surface area is 204 Å². The molecule has 0 saturated heterocycles. The maximum absolute atomic E-state index is 12.5. The molecule has 0 saturated carbocycles. The first-order chi connectivity index (χ1) is 16.0. The van der Waals surface area contributed by atoms with Crippen LogP contribution >= 0.6 is 0 Å². The van der Waals surface area contributed by atoms with Gasteiger partial charge in [-0.25, -0.2) is 5.10 Å². The summed E-state index contributed by atoms with van der Waals surface area (Å²) in [6.45, 7) is 12.4. The zero-order valence-electron chi connectivity index (χ0n) is 21.7. The van der Waals surface area contributed by atoms with Gasteiger partial charge in [-0.2, -0.15) is 0 Å². The lowest BCUT2D eigenvalue weighted by atomic mass is 9.86. The van der Waals surface area contributed by atoms with E-state index >= 15 is 0 Å². The third-order valence-corrected chi connectivity index (χ3v) is 7.14. The fraction of sp³-hybridized carbons (Fsp3) is 0.769. The molecule has 1 aromatic heterocycles. The lowest BCUT2D eigenvalue weighted by Gasteiger charge is -2.29. The highest BCUT2D eigenvalue weighted by molar-refractivity contribution is 5.76. The number of nitrogens with one attached hydrogen (secondary N) is 1. The number of hydrogen-bond donors (Lipinski definition) is 3. The van der Waals surface area contributed by atoms with Crippen LogP contribution in [-0.2, 0) is 16.0 Å². The molecule has 6 atom stereocenters. The fourth-order valence-corrected chi connectivity index (χ4v) is 4.12. The number of carbonyl (C=O) groups is 1. The van der Waals surface area contributed by atoms with Crippen LogP contribution in [0.15, 0.2) is 23.8 Å². The molecule has 3 N–H and O–H groups in total. The average Bonchev–Trinajstić information content (AvgIpc) is 3.28. The normalized spacial score (nSPS) is 22.8. The van der Waals surface area contributed by atoms with Crippen molar-refractivity contribution in [2.45, 2.75) is 105 Å². The lowest BCUT2D eigenvalue weighted by molar-refractivity contribution is -0.160.